The average Bonchev–Trinajstić information content (AvgIpc) is 3.33. The molecule has 412 valence electrons. The summed E-state index contributed by atoms with van der Waals surface area (Å²) in [4.78, 5) is 39.8. The molecule has 0 saturated heterocycles. The molecule has 10 heteroatoms. The maximum Gasteiger partial charge on any atom is 0.306 e. The van der Waals surface area contributed by atoms with E-state index in [1.807, 2.05) is 33.3 Å². The van der Waals surface area contributed by atoms with Gasteiger partial charge in [-0.15, -0.1) is 0 Å². The summed E-state index contributed by atoms with van der Waals surface area (Å²) < 4.78 is 30.2. The Labute approximate surface area is 438 Å². The number of esters is 1. The minimum atomic E-state index is -4.71. The number of allylic oxidation sites excluding steroid dienone is 11. The molecule has 0 heterocycles. The number of rotatable bonds is 52. The molecule has 9 nitrogen and oxygen atoms in total. The van der Waals surface area contributed by atoms with E-state index in [1.54, 1.807) is 0 Å². The van der Waals surface area contributed by atoms with Gasteiger partial charge in [-0.1, -0.05) is 216 Å². The molecule has 71 heavy (non-hydrogen) atoms. The predicted molar refractivity (Wildman–Crippen MR) is 302 cm³/mol. The number of nitrogens with zero attached hydrogens (tertiary/aromatic N) is 1. The van der Waals surface area contributed by atoms with E-state index in [0.29, 0.717) is 23.9 Å². The summed E-state index contributed by atoms with van der Waals surface area (Å²) in [6.45, 7) is 6.76. The van der Waals surface area contributed by atoms with Gasteiger partial charge in [-0.05, 0) is 96.0 Å². The van der Waals surface area contributed by atoms with Gasteiger partial charge in [0, 0.05) is 12.8 Å². The molecular weight excluding hydrogens is 904 g/mol. The van der Waals surface area contributed by atoms with Gasteiger partial charge in [0.15, 0.2) is 0 Å². The summed E-state index contributed by atoms with van der Waals surface area (Å²) in [6, 6.07) is -0.913. The summed E-state index contributed by atoms with van der Waals surface area (Å²) in [5.74, 6) is -0.613. The summed E-state index contributed by atoms with van der Waals surface area (Å²) in [5, 5.41) is 3.00. The number of phosphoric acid groups is 1. The number of amides is 1. The summed E-state index contributed by atoms with van der Waals surface area (Å²) in [7, 11) is 1.15. The van der Waals surface area contributed by atoms with Crippen molar-refractivity contribution in [2.45, 2.75) is 264 Å². The molecule has 0 aliphatic heterocycles. The standard InChI is InChI=1S/C61H111N2O7P/c1-7-10-13-16-19-22-25-27-29-31-33-35-38-41-44-47-50-53-60(64)62-58(57-69-71(66,67)68-56-55-63(4,5)6)59(52-49-46-43-40-37-24-21-18-15-12-9-3)70-61(65)54-51-48-45-42-39-36-34-32-30-28-26-23-20-17-14-11-8-2/h20,23,27-30,34,36,42,45,49,52,58-59H,7-19,21-22,24-26,31-33,35,37-41,43-44,46-48,50-51,53-57H2,1-6H3,(H-,62,64,66,67)/b23-20-,29-27+,30-28-,36-34-,45-42-,52-49+. The molecule has 3 unspecified atom stereocenters. The van der Waals surface area contributed by atoms with Gasteiger partial charge in [-0.2, -0.15) is 0 Å². The number of hydrogen-bond acceptors (Lipinski definition) is 7. The summed E-state index contributed by atoms with van der Waals surface area (Å²) >= 11 is 0. The number of phosphoric ester groups is 1. The molecule has 0 spiro atoms. The highest BCUT2D eigenvalue weighted by Gasteiger charge is 2.27. The van der Waals surface area contributed by atoms with E-state index in [9.17, 15) is 19.0 Å². The Morgan fingerprint density at radius 2 is 0.873 bits per heavy atom. The second kappa shape index (κ2) is 51.0. The van der Waals surface area contributed by atoms with Gasteiger partial charge in [0.25, 0.3) is 7.82 Å². The zero-order valence-electron chi connectivity index (χ0n) is 46.9. The van der Waals surface area contributed by atoms with E-state index in [2.05, 4.69) is 86.8 Å². The van der Waals surface area contributed by atoms with Crippen LogP contribution in [0.2, 0.25) is 0 Å². The normalized spacial score (nSPS) is 14.3. The van der Waals surface area contributed by atoms with Crippen molar-refractivity contribution in [2.24, 2.45) is 0 Å². The van der Waals surface area contributed by atoms with Crippen LogP contribution in [0.5, 0.6) is 0 Å². The number of hydrogen-bond donors (Lipinski definition) is 1. The number of ether oxygens (including phenoxy) is 1. The first kappa shape index (κ1) is 68.5. The van der Waals surface area contributed by atoms with Crippen LogP contribution in [0.4, 0.5) is 0 Å². The monoisotopic (exact) mass is 1010 g/mol. The Balaban J connectivity index is 5.39. The van der Waals surface area contributed by atoms with E-state index in [0.717, 1.165) is 77.0 Å². The first-order valence-electron chi connectivity index (χ1n) is 29.2. The van der Waals surface area contributed by atoms with Gasteiger partial charge in [0.1, 0.15) is 19.3 Å². The molecule has 0 aliphatic rings. The Kier molecular flexibility index (Phi) is 49.1. The molecule has 0 saturated carbocycles. The van der Waals surface area contributed by atoms with Gasteiger partial charge < -0.3 is 28.5 Å². The lowest BCUT2D eigenvalue weighted by Crippen LogP contribution is -2.47. The third-order valence-electron chi connectivity index (χ3n) is 12.6. The van der Waals surface area contributed by atoms with Crippen LogP contribution in [0.15, 0.2) is 72.9 Å². The van der Waals surface area contributed by atoms with E-state index in [1.165, 1.54) is 135 Å². The van der Waals surface area contributed by atoms with Gasteiger partial charge >= 0.3 is 5.97 Å². The molecule has 0 bridgehead atoms. The summed E-state index contributed by atoms with van der Waals surface area (Å²) in [6.07, 6.45) is 64.4. The molecule has 3 atom stereocenters. The zero-order valence-corrected chi connectivity index (χ0v) is 47.8. The third kappa shape index (κ3) is 52.1. The highest BCUT2D eigenvalue weighted by Crippen LogP contribution is 2.38. The topological polar surface area (TPSA) is 114 Å². The maximum absolute atomic E-state index is 13.5. The number of unbranched alkanes of at least 4 members (excludes halogenated alkanes) is 26. The van der Waals surface area contributed by atoms with Crippen molar-refractivity contribution in [1.29, 1.82) is 0 Å². The lowest BCUT2D eigenvalue weighted by Gasteiger charge is -2.30. The molecule has 0 aromatic rings. The van der Waals surface area contributed by atoms with E-state index in [4.69, 9.17) is 13.8 Å². The van der Waals surface area contributed by atoms with Crippen molar-refractivity contribution >= 4 is 19.7 Å². The van der Waals surface area contributed by atoms with Crippen molar-refractivity contribution in [3.05, 3.63) is 72.9 Å². The SMILES string of the molecule is CCCCC/C=C\C/C=C\C/C=C\C/C=C\CCCC(=O)OC(/C=C/CCCCCCCCCCC)C(COP(=O)([O-])OCC[N+](C)(C)C)NC(=O)CCCCCCCCC/C=C/CCCCCCCC. The predicted octanol–water partition coefficient (Wildman–Crippen LogP) is 17.0. The molecule has 0 radical (unpaired) electrons. The molecule has 1 amide bonds. The second-order valence-electron chi connectivity index (χ2n) is 20.8. The fourth-order valence-electron chi connectivity index (χ4n) is 8.04. The lowest BCUT2D eigenvalue weighted by atomic mass is 10.1. The van der Waals surface area contributed by atoms with Gasteiger partial charge in [-0.3, -0.25) is 14.2 Å². The number of nitrogens with one attached hydrogen (secondary N) is 1. The van der Waals surface area contributed by atoms with Crippen LogP contribution >= 0.6 is 7.82 Å². The smallest absolute Gasteiger partial charge is 0.306 e. The van der Waals surface area contributed by atoms with Crippen molar-refractivity contribution in [3.8, 4) is 0 Å². The van der Waals surface area contributed by atoms with Crippen molar-refractivity contribution in [1.82, 2.24) is 5.32 Å². The van der Waals surface area contributed by atoms with Crippen LogP contribution in [-0.4, -0.2) is 69.4 Å². The van der Waals surface area contributed by atoms with Crippen LogP contribution in [-0.2, 0) is 27.9 Å². The Morgan fingerprint density at radius 1 is 0.493 bits per heavy atom. The Hall–Kier alpha value is -2.55. The van der Waals surface area contributed by atoms with Gasteiger partial charge in [-0.25, -0.2) is 0 Å². The van der Waals surface area contributed by atoms with E-state index in [-0.39, 0.29) is 18.9 Å². The maximum atomic E-state index is 13.5. The third-order valence-corrected chi connectivity index (χ3v) is 13.6. The van der Waals surface area contributed by atoms with Gasteiger partial charge in [0.2, 0.25) is 5.91 Å². The first-order chi connectivity index (χ1) is 34.4. The average molecular weight is 1020 g/mol. The first-order valence-corrected chi connectivity index (χ1v) is 30.7. The van der Waals surface area contributed by atoms with Crippen molar-refractivity contribution in [3.63, 3.8) is 0 Å². The Bertz CT molecular complexity index is 1450. The Morgan fingerprint density at radius 3 is 1.35 bits per heavy atom. The molecule has 0 aromatic carbocycles. The zero-order chi connectivity index (χ0) is 52.2. The highest BCUT2D eigenvalue weighted by molar-refractivity contribution is 7.45. The van der Waals surface area contributed by atoms with Crippen LogP contribution < -0.4 is 10.2 Å². The minimum absolute atomic E-state index is 0.0336. The molecular formula is C61H111N2O7P. The van der Waals surface area contributed by atoms with Crippen LogP contribution in [0.3, 0.4) is 0 Å². The van der Waals surface area contributed by atoms with Gasteiger partial charge in [0.05, 0.1) is 33.8 Å². The van der Waals surface area contributed by atoms with E-state index < -0.39 is 32.5 Å². The second-order valence-corrected chi connectivity index (χ2v) is 22.2. The summed E-state index contributed by atoms with van der Waals surface area (Å²) in [5.41, 5.74) is 0. The molecule has 0 aliphatic carbocycles. The molecule has 0 aromatic heterocycles. The van der Waals surface area contributed by atoms with E-state index >= 15 is 0 Å². The lowest BCUT2D eigenvalue weighted by molar-refractivity contribution is -0.870. The van der Waals surface area contributed by atoms with Crippen LogP contribution in [0.25, 0.3) is 0 Å². The highest BCUT2D eigenvalue weighted by atomic mass is 31.2. The van der Waals surface area contributed by atoms with Crippen molar-refractivity contribution in [2.75, 3.05) is 40.9 Å². The van der Waals surface area contributed by atoms with Crippen molar-refractivity contribution < 1.29 is 37.3 Å². The molecule has 0 rings (SSSR count). The largest absolute Gasteiger partial charge is 0.756 e. The fraction of sp³-hybridized carbons (Fsp3) is 0.770. The minimum Gasteiger partial charge on any atom is -0.756 e. The molecule has 0 fully saturated rings. The number of carbonyl (C=O) groups is 2. The number of quaternary nitrogens is 1. The quantitative estimate of drug-likeness (QED) is 0.0212. The number of carbonyl (C=O) groups excluding carboxylic acids is 2. The van der Waals surface area contributed by atoms with Crippen LogP contribution in [0, 0.1) is 0 Å². The van der Waals surface area contributed by atoms with Crippen LogP contribution in [0.1, 0.15) is 252 Å². The fourth-order valence-corrected chi connectivity index (χ4v) is 8.76. The molecule has 1 N–H and O–H groups in total. The number of likely N-dealkylation sites (N-methyl/N-ethyl adjacent to an activating group) is 1.